The second kappa shape index (κ2) is 5.52. The van der Waals surface area contributed by atoms with Crippen LogP contribution in [0.25, 0.3) is 10.9 Å². The second-order valence-electron chi connectivity index (χ2n) is 5.41. The van der Waals surface area contributed by atoms with Crippen molar-refractivity contribution in [2.75, 3.05) is 13.1 Å². The molecule has 3 nitrogen and oxygen atoms in total. The van der Waals surface area contributed by atoms with E-state index in [0.717, 1.165) is 36.0 Å². The number of hydrogen-bond acceptors (Lipinski definition) is 2. The molecule has 0 radical (unpaired) electrons. The first kappa shape index (κ1) is 13.6. The molecule has 1 aromatic heterocycles. The maximum Gasteiger partial charge on any atom is 0.254 e. The van der Waals surface area contributed by atoms with Crippen LogP contribution >= 0.6 is 15.9 Å². The van der Waals surface area contributed by atoms with Gasteiger partial charge in [-0.15, -0.1) is 0 Å². The van der Waals surface area contributed by atoms with Gasteiger partial charge in [0.25, 0.3) is 5.91 Å². The van der Waals surface area contributed by atoms with Gasteiger partial charge in [-0.05, 0) is 24.5 Å². The van der Waals surface area contributed by atoms with E-state index in [-0.39, 0.29) is 5.91 Å². The highest BCUT2D eigenvalue weighted by molar-refractivity contribution is 9.09. The number of para-hydroxylation sites is 1. The number of benzene rings is 1. The summed E-state index contributed by atoms with van der Waals surface area (Å²) in [6.07, 6.45) is 2.76. The Morgan fingerprint density at radius 2 is 2.15 bits per heavy atom. The fourth-order valence-electron chi connectivity index (χ4n) is 2.66. The van der Waals surface area contributed by atoms with Crippen molar-refractivity contribution in [2.24, 2.45) is 5.92 Å². The Labute approximate surface area is 127 Å². The van der Waals surface area contributed by atoms with Crippen LogP contribution in [0.3, 0.4) is 0 Å². The van der Waals surface area contributed by atoms with Crippen LogP contribution in [0.1, 0.15) is 23.7 Å². The molecule has 104 valence electrons. The Morgan fingerprint density at radius 1 is 1.35 bits per heavy atom. The van der Waals surface area contributed by atoms with Crippen molar-refractivity contribution < 1.29 is 4.79 Å². The summed E-state index contributed by atoms with van der Waals surface area (Å²) in [4.78, 5) is 19.4. The first-order valence-corrected chi connectivity index (χ1v) is 7.85. The van der Waals surface area contributed by atoms with E-state index in [2.05, 4.69) is 27.8 Å². The highest BCUT2D eigenvalue weighted by atomic mass is 79.9. The van der Waals surface area contributed by atoms with Gasteiger partial charge in [0.05, 0.1) is 11.1 Å². The number of hydrogen-bond donors (Lipinski definition) is 0. The van der Waals surface area contributed by atoms with Crippen LogP contribution < -0.4 is 0 Å². The topological polar surface area (TPSA) is 33.2 Å². The molecule has 0 aliphatic carbocycles. The molecule has 2 unspecified atom stereocenters. The molecule has 20 heavy (non-hydrogen) atoms. The molecule has 1 aromatic carbocycles. The normalized spacial score (nSPS) is 23.0. The third kappa shape index (κ3) is 2.44. The minimum atomic E-state index is 0.111. The number of fused-ring (bicyclic) bond motifs is 1. The van der Waals surface area contributed by atoms with Crippen molar-refractivity contribution in [3.63, 3.8) is 0 Å². The monoisotopic (exact) mass is 332 g/mol. The Kier molecular flexibility index (Phi) is 3.74. The number of nitrogens with zero attached hydrogens (tertiary/aromatic N) is 2. The summed E-state index contributed by atoms with van der Waals surface area (Å²) in [6.45, 7) is 3.83. The smallest absolute Gasteiger partial charge is 0.254 e. The Bertz CT molecular complexity index is 638. The Morgan fingerprint density at radius 3 is 2.95 bits per heavy atom. The van der Waals surface area contributed by atoms with Gasteiger partial charge in [-0.25, -0.2) is 0 Å². The summed E-state index contributed by atoms with van der Waals surface area (Å²) in [5, 5.41) is 0.935. The minimum absolute atomic E-state index is 0.111. The summed E-state index contributed by atoms with van der Waals surface area (Å²) in [6, 6.07) is 9.63. The van der Waals surface area contributed by atoms with Gasteiger partial charge in [-0.2, -0.15) is 0 Å². The molecule has 0 bridgehead atoms. The first-order valence-electron chi connectivity index (χ1n) is 6.94. The summed E-state index contributed by atoms with van der Waals surface area (Å²) >= 11 is 3.68. The summed E-state index contributed by atoms with van der Waals surface area (Å²) in [5.74, 6) is 0.730. The number of pyridine rings is 1. The molecule has 2 atom stereocenters. The third-order valence-electron chi connectivity index (χ3n) is 4.03. The van der Waals surface area contributed by atoms with E-state index in [0.29, 0.717) is 10.7 Å². The average Bonchev–Trinajstić information content (AvgIpc) is 2.49. The first-order chi connectivity index (χ1) is 9.66. The van der Waals surface area contributed by atoms with Crippen LogP contribution in [0.15, 0.2) is 36.5 Å². The minimum Gasteiger partial charge on any atom is -0.337 e. The predicted octanol–water partition coefficient (Wildman–Crippen LogP) is 3.48. The van der Waals surface area contributed by atoms with Crippen molar-refractivity contribution >= 4 is 32.7 Å². The summed E-state index contributed by atoms with van der Waals surface area (Å²) in [5.41, 5.74) is 1.63. The molecule has 4 heteroatoms. The molecule has 0 N–H and O–H groups in total. The third-order valence-corrected chi connectivity index (χ3v) is 5.23. The number of aromatic nitrogens is 1. The Hall–Kier alpha value is -1.42. The standard InChI is InChI=1S/C16H17BrN2O/c1-11-7-9-19(10-14(11)17)16(20)13-6-8-18-15-5-3-2-4-12(13)15/h2-6,8,11,14H,7,9-10H2,1H3. The number of carbonyl (C=O) groups excluding carboxylic acids is 1. The van der Waals surface area contributed by atoms with Crippen molar-refractivity contribution in [3.05, 3.63) is 42.1 Å². The highest BCUT2D eigenvalue weighted by Gasteiger charge is 2.28. The molecule has 1 amide bonds. The van der Waals surface area contributed by atoms with Gasteiger partial charge in [0.1, 0.15) is 0 Å². The number of piperidine rings is 1. The molecule has 1 fully saturated rings. The molecular weight excluding hydrogens is 316 g/mol. The number of carbonyl (C=O) groups is 1. The lowest BCUT2D eigenvalue weighted by molar-refractivity contribution is 0.0708. The maximum absolute atomic E-state index is 12.7. The Balaban J connectivity index is 1.93. The van der Waals surface area contributed by atoms with Crippen molar-refractivity contribution in [1.29, 1.82) is 0 Å². The van der Waals surface area contributed by atoms with Gasteiger partial charge in [0, 0.05) is 29.5 Å². The number of alkyl halides is 1. The summed E-state index contributed by atoms with van der Waals surface area (Å²) in [7, 11) is 0. The molecule has 3 rings (SSSR count). The van der Waals surface area contributed by atoms with Crippen LogP contribution in [0.4, 0.5) is 0 Å². The fourth-order valence-corrected chi connectivity index (χ4v) is 3.27. The van der Waals surface area contributed by atoms with Gasteiger partial charge < -0.3 is 4.90 Å². The fraction of sp³-hybridized carbons (Fsp3) is 0.375. The average molecular weight is 333 g/mol. The van der Waals surface area contributed by atoms with Gasteiger partial charge in [-0.3, -0.25) is 9.78 Å². The number of rotatable bonds is 1. The van der Waals surface area contributed by atoms with E-state index >= 15 is 0 Å². The van der Waals surface area contributed by atoms with E-state index < -0.39 is 0 Å². The zero-order valence-electron chi connectivity index (χ0n) is 11.4. The van der Waals surface area contributed by atoms with E-state index in [1.54, 1.807) is 6.20 Å². The van der Waals surface area contributed by atoms with Crippen LogP contribution in [-0.4, -0.2) is 33.7 Å². The van der Waals surface area contributed by atoms with Gasteiger partial charge in [0.15, 0.2) is 0 Å². The van der Waals surface area contributed by atoms with Gasteiger partial charge in [0.2, 0.25) is 0 Å². The highest BCUT2D eigenvalue weighted by Crippen LogP contribution is 2.26. The zero-order chi connectivity index (χ0) is 14.1. The second-order valence-corrected chi connectivity index (χ2v) is 6.58. The van der Waals surface area contributed by atoms with Crippen LogP contribution in [0, 0.1) is 5.92 Å². The van der Waals surface area contributed by atoms with Gasteiger partial charge in [-0.1, -0.05) is 41.1 Å². The predicted molar refractivity (Wildman–Crippen MR) is 84.1 cm³/mol. The zero-order valence-corrected chi connectivity index (χ0v) is 13.0. The van der Waals surface area contributed by atoms with Crippen LogP contribution in [0.2, 0.25) is 0 Å². The molecular formula is C16H17BrN2O. The molecule has 1 saturated heterocycles. The number of likely N-dealkylation sites (tertiary alicyclic amines) is 1. The largest absolute Gasteiger partial charge is 0.337 e. The maximum atomic E-state index is 12.7. The lowest BCUT2D eigenvalue weighted by Gasteiger charge is -2.34. The van der Waals surface area contributed by atoms with E-state index in [9.17, 15) is 4.79 Å². The van der Waals surface area contributed by atoms with Crippen molar-refractivity contribution in [2.45, 2.75) is 18.2 Å². The molecule has 2 aromatic rings. The van der Waals surface area contributed by atoms with E-state index in [4.69, 9.17) is 0 Å². The van der Waals surface area contributed by atoms with E-state index in [1.807, 2.05) is 35.2 Å². The molecule has 1 aliphatic heterocycles. The lowest BCUT2D eigenvalue weighted by atomic mass is 9.98. The molecule has 2 heterocycles. The molecule has 1 aliphatic rings. The summed E-state index contributed by atoms with van der Waals surface area (Å²) < 4.78 is 0. The quantitative estimate of drug-likeness (QED) is 0.749. The van der Waals surface area contributed by atoms with Crippen LogP contribution in [0.5, 0.6) is 0 Å². The van der Waals surface area contributed by atoms with Gasteiger partial charge >= 0.3 is 0 Å². The van der Waals surface area contributed by atoms with Crippen molar-refractivity contribution in [3.8, 4) is 0 Å². The van der Waals surface area contributed by atoms with Crippen LogP contribution in [-0.2, 0) is 0 Å². The number of halogens is 1. The van der Waals surface area contributed by atoms with E-state index in [1.165, 1.54) is 0 Å². The SMILES string of the molecule is CC1CCN(C(=O)c2ccnc3ccccc23)CC1Br. The van der Waals surface area contributed by atoms with Crippen molar-refractivity contribution in [1.82, 2.24) is 9.88 Å². The lowest BCUT2D eigenvalue weighted by Crippen LogP contribution is -2.43. The molecule has 0 saturated carbocycles. The number of amides is 1. The molecule has 0 spiro atoms.